The Morgan fingerprint density at radius 2 is 1.77 bits per heavy atom. The van der Waals surface area contributed by atoms with Crippen molar-refractivity contribution in [1.82, 2.24) is 34.8 Å². The Hall–Kier alpha value is -4.45. The molecule has 0 atom stereocenters. The highest BCUT2D eigenvalue weighted by Crippen LogP contribution is 2.35. The lowest BCUT2D eigenvalue weighted by Crippen LogP contribution is -2.21. The second-order valence-electron chi connectivity index (χ2n) is 11.1. The summed E-state index contributed by atoms with van der Waals surface area (Å²) in [5.74, 6) is -0.451. The van der Waals surface area contributed by atoms with E-state index >= 15 is 0 Å². The van der Waals surface area contributed by atoms with Crippen LogP contribution in [-0.2, 0) is 23.1 Å². The number of nitrogens with one attached hydrogen (secondary N) is 3. The fourth-order valence-electron chi connectivity index (χ4n) is 5.86. The van der Waals surface area contributed by atoms with Gasteiger partial charge in [-0.15, -0.1) is 0 Å². The van der Waals surface area contributed by atoms with Gasteiger partial charge in [0, 0.05) is 48.0 Å². The average Bonchev–Trinajstić information content (AvgIpc) is 3.75. The van der Waals surface area contributed by atoms with Crippen molar-refractivity contribution in [3.8, 4) is 33.6 Å². The van der Waals surface area contributed by atoms with Crippen molar-refractivity contribution >= 4 is 32.0 Å². The van der Waals surface area contributed by atoms with E-state index in [1.807, 2.05) is 30.6 Å². The number of aromatic nitrogens is 5. The lowest BCUT2D eigenvalue weighted by atomic mass is 10.0. The van der Waals surface area contributed by atoms with Crippen molar-refractivity contribution in [3.63, 3.8) is 0 Å². The van der Waals surface area contributed by atoms with Crippen molar-refractivity contribution in [1.29, 1.82) is 0 Å². The first-order valence-corrected chi connectivity index (χ1v) is 16.1. The smallest absolute Gasteiger partial charge is 0.209 e. The van der Waals surface area contributed by atoms with Crippen LogP contribution in [0.25, 0.3) is 55.6 Å². The predicted molar refractivity (Wildman–Crippen MR) is 166 cm³/mol. The van der Waals surface area contributed by atoms with Crippen LogP contribution < -0.4 is 4.72 Å². The summed E-state index contributed by atoms with van der Waals surface area (Å²) in [4.78, 5) is 14.9. The van der Waals surface area contributed by atoms with Gasteiger partial charge in [0.1, 0.15) is 17.2 Å². The van der Waals surface area contributed by atoms with Gasteiger partial charge in [-0.05, 0) is 102 Å². The van der Waals surface area contributed by atoms with Crippen molar-refractivity contribution in [2.24, 2.45) is 0 Å². The number of hydrogen-bond donors (Lipinski definition) is 3. The average molecular weight is 596 g/mol. The number of benzene rings is 2. The number of nitrogens with zero attached hydrogens (tertiary/aromatic N) is 4. The Morgan fingerprint density at radius 1 is 0.930 bits per heavy atom. The molecule has 11 heteroatoms. The Labute approximate surface area is 248 Å². The number of halogens is 1. The van der Waals surface area contributed by atoms with Gasteiger partial charge < -0.3 is 4.98 Å². The molecule has 218 valence electrons. The Morgan fingerprint density at radius 3 is 2.60 bits per heavy atom. The minimum atomic E-state index is -3.42. The van der Waals surface area contributed by atoms with Crippen LogP contribution in [-0.4, -0.2) is 57.8 Å². The van der Waals surface area contributed by atoms with E-state index in [0.717, 1.165) is 70.3 Å². The van der Waals surface area contributed by atoms with E-state index in [4.69, 9.17) is 0 Å². The summed E-state index contributed by atoms with van der Waals surface area (Å²) in [5, 5.41) is 9.52. The molecule has 7 rings (SSSR count). The molecule has 0 saturated carbocycles. The number of fused-ring (bicyclic) bond motifs is 2. The number of pyridine rings is 2. The molecule has 0 aliphatic carbocycles. The molecule has 6 aromatic rings. The van der Waals surface area contributed by atoms with Gasteiger partial charge in [-0.3, -0.25) is 15.0 Å². The van der Waals surface area contributed by atoms with Gasteiger partial charge in [-0.2, -0.15) is 5.10 Å². The molecule has 3 N–H and O–H groups in total. The van der Waals surface area contributed by atoms with Gasteiger partial charge in [-0.1, -0.05) is 6.07 Å². The molecule has 4 aromatic heterocycles. The maximum absolute atomic E-state index is 14.6. The van der Waals surface area contributed by atoms with Gasteiger partial charge in [0.05, 0.1) is 17.5 Å². The third kappa shape index (κ3) is 5.79. The molecule has 0 radical (unpaired) electrons. The van der Waals surface area contributed by atoms with Crippen LogP contribution in [0.5, 0.6) is 0 Å². The maximum atomic E-state index is 14.6. The third-order valence-electron chi connectivity index (χ3n) is 7.89. The largest absolute Gasteiger partial charge is 0.338 e. The quantitative estimate of drug-likeness (QED) is 0.210. The molecule has 1 aliphatic heterocycles. The second-order valence-corrected chi connectivity index (χ2v) is 13.0. The van der Waals surface area contributed by atoms with Crippen molar-refractivity contribution in [2.75, 3.05) is 19.3 Å². The number of hydrogen-bond acceptors (Lipinski definition) is 6. The van der Waals surface area contributed by atoms with Crippen LogP contribution in [0.1, 0.15) is 24.0 Å². The van der Waals surface area contributed by atoms with Gasteiger partial charge in [0.15, 0.2) is 0 Å². The lowest BCUT2D eigenvalue weighted by molar-refractivity contribution is 0.331. The van der Waals surface area contributed by atoms with Crippen LogP contribution >= 0.6 is 0 Å². The zero-order valence-corrected chi connectivity index (χ0v) is 24.4. The number of sulfonamides is 1. The molecular formula is C32H30FN7O2S. The molecule has 0 amide bonds. The first-order chi connectivity index (χ1) is 20.8. The Balaban J connectivity index is 1.24. The van der Waals surface area contributed by atoms with Gasteiger partial charge in [-0.25, -0.2) is 22.5 Å². The van der Waals surface area contributed by atoms with Crippen LogP contribution in [0.2, 0.25) is 0 Å². The van der Waals surface area contributed by atoms with Crippen LogP contribution in [0, 0.1) is 5.82 Å². The molecular weight excluding hydrogens is 565 g/mol. The van der Waals surface area contributed by atoms with E-state index in [2.05, 4.69) is 53.0 Å². The van der Waals surface area contributed by atoms with Gasteiger partial charge in [0.25, 0.3) is 0 Å². The zero-order valence-electron chi connectivity index (χ0n) is 23.6. The van der Waals surface area contributed by atoms with Gasteiger partial charge >= 0.3 is 0 Å². The van der Waals surface area contributed by atoms with Crippen molar-refractivity contribution in [2.45, 2.75) is 25.9 Å². The summed E-state index contributed by atoms with van der Waals surface area (Å²) in [7, 11) is -3.42. The summed E-state index contributed by atoms with van der Waals surface area (Å²) in [6.45, 7) is 3.17. The van der Waals surface area contributed by atoms with Gasteiger partial charge in [0.2, 0.25) is 10.0 Å². The topological polar surface area (TPSA) is 120 Å². The maximum Gasteiger partial charge on any atom is 0.209 e. The molecule has 0 spiro atoms. The highest BCUT2D eigenvalue weighted by molar-refractivity contribution is 7.88. The normalized spacial score (nSPS) is 14.3. The summed E-state index contributed by atoms with van der Waals surface area (Å²) in [6, 6.07) is 16.8. The molecule has 1 aliphatic rings. The Kier molecular flexibility index (Phi) is 7.00. The van der Waals surface area contributed by atoms with E-state index < -0.39 is 15.8 Å². The predicted octanol–water partition coefficient (Wildman–Crippen LogP) is 5.62. The minimum absolute atomic E-state index is 0.00547. The fourth-order valence-corrected chi connectivity index (χ4v) is 6.29. The van der Waals surface area contributed by atoms with E-state index in [1.165, 1.54) is 30.5 Å². The van der Waals surface area contributed by atoms with Crippen LogP contribution in [0.15, 0.2) is 73.2 Å². The third-order valence-corrected chi connectivity index (χ3v) is 8.56. The summed E-state index contributed by atoms with van der Waals surface area (Å²) >= 11 is 0. The van der Waals surface area contributed by atoms with E-state index in [9.17, 15) is 12.8 Å². The second kappa shape index (κ2) is 11.0. The molecule has 43 heavy (non-hydrogen) atoms. The molecule has 1 saturated heterocycles. The van der Waals surface area contributed by atoms with Crippen molar-refractivity contribution < 1.29 is 12.8 Å². The van der Waals surface area contributed by atoms with Crippen LogP contribution in [0.4, 0.5) is 4.39 Å². The molecule has 0 unspecified atom stereocenters. The first-order valence-electron chi connectivity index (χ1n) is 14.2. The minimum Gasteiger partial charge on any atom is -0.338 e. The summed E-state index contributed by atoms with van der Waals surface area (Å²) in [5.41, 5.74) is 8.29. The molecule has 5 heterocycles. The SMILES string of the molecule is CS(=O)(=O)NCc1cc(F)cc(-c2ccnc3[nH]c(-c4n[nH]c5ccc(-c6cncc(CN7CCCC7)c6)cc45)cc23)c1. The number of rotatable bonds is 8. The number of aromatic amines is 2. The lowest BCUT2D eigenvalue weighted by Gasteiger charge is -2.14. The number of likely N-dealkylation sites (tertiary alicyclic amines) is 1. The highest BCUT2D eigenvalue weighted by atomic mass is 32.2. The standard InChI is InChI=1S/C32H30FN7O2S/c1-43(41,42)36-17-20-10-23(13-25(33)12-20)26-6-7-35-32-27(26)15-30(37-32)31-28-14-22(4-5-29(28)38-39-31)24-11-21(16-34-18-24)19-40-8-2-3-9-40/h4-7,10-16,18,36H,2-3,8-9,17,19H2,1H3,(H,35,37)(H,38,39). The molecule has 9 nitrogen and oxygen atoms in total. The molecule has 1 fully saturated rings. The fraction of sp³-hybridized carbons (Fsp3) is 0.219. The van der Waals surface area contributed by atoms with E-state index in [0.29, 0.717) is 16.8 Å². The summed E-state index contributed by atoms with van der Waals surface area (Å²) in [6.07, 6.45) is 9.09. The van der Waals surface area contributed by atoms with Crippen molar-refractivity contribution in [3.05, 3.63) is 90.1 Å². The monoisotopic (exact) mass is 595 g/mol. The van der Waals surface area contributed by atoms with E-state index in [-0.39, 0.29) is 6.54 Å². The highest BCUT2D eigenvalue weighted by Gasteiger charge is 2.17. The van der Waals surface area contributed by atoms with Crippen LogP contribution in [0.3, 0.4) is 0 Å². The first kappa shape index (κ1) is 27.4. The summed E-state index contributed by atoms with van der Waals surface area (Å²) < 4.78 is 40.2. The zero-order chi connectivity index (χ0) is 29.6. The van der Waals surface area contributed by atoms with E-state index in [1.54, 1.807) is 12.3 Å². The Bertz CT molecular complexity index is 2080. The number of H-pyrrole nitrogens is 2. The molecule has 0 bridgehead atoms. The molecule has 2 aromatic carbocycles.